The molecule has 1 aromatic heterocycles. The monoisotopic (exact) mass is 312 g/mol. The molecule has 0 aliphatic carbocycles. The lowest BCUT2D eigenvalue weighted by Crippen LogP contribution is -2.25. The molecule has 0 aliphatic heterocycles. The van der Waals surface area contributed by atoms with E-state index in [4.69, 9.17) is 5.73 Å². The van der Waals surface area contributed by atoms with Crippen molar-refractivity contribution >= 4 is 28.6 Å². The minimum Gasteiger partial charge on any atom is -0.392 e. The van der Waals surface area contributed by atoms with E-state index in [1.165, 1.54) is 5.38 Å². The number of benzene rings is 1. The predicted octanol–water partition coefficient (Wildman–Crippen LogP) is 0.996. The molecule has 0 bridgehead atoms. The fourth-order valence-electron chi connectivity index (χ4n) is 1.64. The number of nitrogens with one attached hydrogen (secondary N) is 2. The summed E-state index contributed by atoms with van der Waals surface area (Å²) in [5.74, 6) is -1.87. The van der Waals surface area contributed by atoms with Gasteiger partial charge in [0.05, 0.1) is 11.5 Å². The number of nitro benzene ring substituents is 1. The molecule has 0 saturated carbocycles. The maximum atomic E-state index is 13.7. The van der Waals surface area contributed by atoms with Crippen molar-refractivity contribution in [3.05, 3.63) is 54.4 Å². The number of aromatic nitrogens is 1. The number of hydrogen-bond donors (Lipinski definition) is 3. The molecule has 4 N–H and O–H groups in total. The van der Waals surface area contributed by atoms with Crippen molar-refractivity contribution in [1.29, 1.82) is 0 Å². The Hall–Kier alpha value is -2.75. The highest BCUT2D eigenvalue weighted by atomic mass is 32.1. The van der Waals surface area contributed by atoms with Crippen molar-refractivity contribution < 1.29 is 14.1 Å². The van der Waals surface area contributed by atoms with Crippen molar-refractivity contribution in [2.24, 2.45) is 0 Å². The number of thiazole rings is 1. The summed E-state index contributed by atoms with van der Waals surface area (Å²) in [5.41, 5.74) is 4.20. The van der Waals surface area contributed by atoms with Crippen LogP contribution in [0.1, 0.15) is 16.1 Å². The van der Waals surface area contributed by atoms with Crippen LogP contribution in [0.2, 0.25) is 0 Å². The number of amides is 1. The summed E-state index contributed by atoms with van der Waals surface area (Å²) in [6.07, 6.45) is 0. The number of nitrogens with zero attached hydrogens (tertiary/aromatic N) is 1. The third-order valence-electron chi connectivity index (χ3n) is 2.61. The third-order valence-corrected chi connectivity index (χ3v) is 3.32. The number of anilines is 1. The second kappa shape index (κ2) is 5.71. The Bertz CT molecular complexity index is 770. The Balaban J connectivity index is 2.24. The standard InChI is InChI=1S/C11H9FN4O4S/c12-6-1-2-7(16(19)20)9(13)8(6)10(17)14-3-5-4-21-11(18)15-5/h1-2,4H,3,13H2,(H,14,17)(H,15,18). The molecule has 1 aromatic carbocycles. The molecular weight excluding hydrogens is 303 g/mol. The molecule has 2 rings (SSSR count). The average molecular weight is 312 g/mol. The van der Waals surface area contributed by atoms with E-state index >= 15 is 0 Å². The summed E-state index contributed by atoms with van der Waals surface area (Å²) in [4.78, 5) is 34.9. The van der Waals surface area contributed by atoms with Gasteiger partial charge < -0.3 is 16.0 Å². The molecule has 0 saturated heterocycles. The van der Waals surface area contributed by atoms with Gasteiger partial charge in [-0.15, -0.1) is 0 Å². The molecule has 0 fully saturated rings. The molecule has 2 aromatic rings. The highest BCUT2D eigenvalue weighted by Crippen LogP contribution is 2.27. The molecule has 0 radical (unpaired) electrons. The molecule has 110 valence electrons. The van der Waals surface area contributed by atoms with Crippen LogP contribution in [0.15, 0.2) is 22.3 Å². The number of carbonyl (C=O) groups is 1. The zero-order valence-electron chi connectivity index (χ0n) is 10.4. The van der Waals surface area contributed by atoms with Crippen molar-refractivity contribution in [3.63, 3.8) is 0 Å². The van der Waals surface area contributed by atoms with Crippen LogP contribution in [0.4, 0.5) is 15.8 Å². The first-order chi connectivity index (χ1) is 9.90. The maximum absolute atomic E-state index is 13.7. The van der Waals surface area contributed by atoms with E-state index in [9.17, 15) is 24.1 Å². The van der Waals surface area contributed by atoms with E-state index in [1.807, 2.05) is 0 Å². The Morgan fingerprint density at radius 1 is 1.52 bits per heavy atom. The average Bonchev–Trinajstić information content (AvgIpc) is 2.82. The quantitative estimate of drug-likeness (QED) is 0.440. The van der Waals surface area contributed by atoms with Gasteiger partial charge in [-0.3, -0.25) is 19.7 Å². The largest absolute Gasteiger partial charge is 0.392 e. The van der Waals surface area contributed by atoms with E-state index in [2.05, 4.69) is 10.3 Å². The zero-order chi connectivity index (χ0) is 15.6. The highest BCUT2D eigenvalue weighted by Gasteiger charge is 2.23. The van der Waals surface area contributed by atoms with E-state index in [-0.39, 0.29) is 11.4 Å². The van der Waals surface area contributed by atoms with E-state index in [0.29, 0.717) is 5.69 Å². The van der Waals surface area contributed by atoms with Gasteiger partial charge in [-0.05, 0) is 6.07 Å². The molecule has 8 nitrogen and oxygen atoms in total. The van der Waals surface area contributed by atoms with Gasteiger partial charge in [-0.25, -0.2) is 4.39 Å². The summed E-state index contributed by atoms with van der Waals surface area (Å²) >= 11 is 0.914. The first kappa shape index (κ1) is 14.7. The molecule has 0 atom stereocenters. The lowest BCUT2D eigenvalue weighted by Gasteiger charge is -2.08. The van der Waals surface area contributed by atoms with Crippen LogP contribution >= 0.6 is 11.3 Å². The van der Waals surface area contributed by atoms with Gasteiger partial charge in [0.1, 0.15) is 17.1 Å². The van der Waals surface area contributed by atoms with Gasteiger partial charge in [-0.2, -0.15) is 0 Å². The Labute approximate surface area is 120 Å². The van der Waals surface area contributed by atoms with Crippen LogP contribution in [0, 0.1) is 15.9 Å². The molecule has 0 spiro atoms. The van der Waals surface area contributed by atoms with Crippen LogP contribution in [0.5, 0.6) is 0 Å². The lowest BCUT2D eigenvalue weighted by atomic mass is 10.1. The Morgan fingerprint density at radius 2 is 2.24 bits per heavy atom. The number of rotatable bonds is 4. The van der Waals surface area contributed by atoms with Gasteiger partial charge in [0.25, 0.3) is 11.6 Å². The molecular formula is C11H9FN4O4S. The first-order valence-corrected chi connectivity index (χ1v) is 6.45. The Kier molecular flexibility index (Phi) is 3.98. The first-order valence-electron chi connectivity index (χ1n) is 5.57. The van der Waals surface area contributed by atoms with Crippen molar-refractivity contribution in [2.45, 2.75) is 6.54 Å². The number of nitrogen functional groups attached to an aromatic ring is 1. The summed E-state index contributed by atoms with van der Waals surface area (Å²) in [6.45, 7) is -0.0564. The number of H-pyrrole nitrogens is 1. The summed E-state index contributed by atoms with van der Waals surface area (Å²) in [7, 11) is 0. The van der Waals surface area contributed by atoms with Crippen LogP contribution < -0.4 is 15.9 Å². The number of aromatic amines is 1. The van der Waals surface area contributed by atoms with Gasteiger partial charge in [0, 0.05) is 17.1 Å². The van der Waals surface area contributed by atoms with Crippen LogP contribution in [-0.2, 0) is 6.54 Å². The second-order valence-electron chi connectivity index (χ2n) is 3.97. The number of halogens is 1. The molecule has 21 heavy (non-hydrogen) atoms. The highest BCUT2D eigenvalue weighted by molar-refractivity contribution is 7.07. The van der Waals surface area contributed by atoms with E-state index < -0.39 is 33.6 Å². The summed E-state index contributed by atoms with van der Waals surface area (Å²) < 4.78 is 13.7. The van der Waals surface area contributed by atoms with Crippen molar-refractivity contribution in [1.82, 2.24) is 10.3 Å². The van der Waals surface area contributed by atoms with Crippen molar-refractivity contribution in [2.75, 3.05) is 5.73 Å². The zero-order valence-corrected chi connectivity index (χ0v) is 11.2. The lowest BCUT2D eigenvalue weighted by molar-refractivity contribution is -0.384. The second-order valence-corrected chi connectivity index (χ2v) is 4.81. The molecule has 1 heterocycles. The Morgan fingerprint density at radius 3 is 2.81 bits per heavy atom. The van der Waals surface area contributed by atoms with Gasteiger partial charge in [0.15, 0.2) is 0 Å². The van der Waals surface area contributed by atoms with E-state index in [0.717, 1.165) is 23.5 Å². The molecule has 10 heteroatoms. The van der Waals surface area contributed by atoms with Gasteiger partial charge >= 0.3 is 4.87 Å². The molecule has 1 amide bonds. The number of nitro groups is 1. The fourth-order valence-corrected chi connectivity index (χ4v) is 2.22. The third kappa shape index (κ3) is 3.05. The fraction of sp³-hybridized carbons (Fsp3) is 0.0909. The SMILES string of the molecule is Nc1c([N+](=O)[O-])ccc(F)c1C(=O)NCc1csc(=O)[nH]1. The maximum Gasteiger partial charge on any atom is 0.304 e. The van der Waals surface area contributed by atoms with Gasteiger partial charge in [0.2, 0.25) is 0 Å². The van der Waals surface area contributed by atoms with Crippen LogP contribution in [0.3, 0.4) is 0 Å². The van der Waals surface area contributed by atoms with Gasteiger partial charge in [-0.1, -0.05) is 11.3 Å². The summed E-state index contributed by atoms with van der Waals surface area (Å²) in [6, 6.07) is 1.69. The van der Waals surface area contributed by atoms with Crippen molar-refractivity contribution in [3.8, 4) is 0 Å². The molecule has 0 unspecified atom stereocenters. The minimum absolute atomic E-state index is 0.0564. The summed E-state index contributed by atoms with van der Waals surface area (Å²) in [5, 5.41) is 14.6. The van der Waals surface area contributed by atoms with E-state index in [1.54, 1.807) is 0 Å². The predicted molar refractivity (Wildman–Crippen MR) is 73.6 cm³/mol. The number of hydrogen-bond acceptors (Lipinski definition) is 6. The topological polar surface area (TPSA) is 131 Å². The molecule has 0 aliphatic rings. The number of carbonyl (C=O) groups excluding carboxylic acids is 1. The smallest absolute Gasteiger partial charge is 0.304 e. The normalized spacial score (nSPS) is 10.3. The van der Waals surface area contributed by atoms with Crippen LogP contribution in [-0.4, -0.2) is 15.8 Å². The minimum atomic E-state index is -0.964. The van der Waals surface area contributed by atoms with Crippen LogP contribution in [0.25, 0.3) is 0 Å². The number of nitrogens with two attached hydrogens (primary N) is 1.